The summed E-state index contributed by atoms with van der Waals surface area (Å²) >= 11 is 3.20. The largest absolute Gasteiger partial charge is 0.376 e. The summed E-state index contributed by atoms with van der Waals surface area (Å²) in [5.74, 6) is 0.0101. The molecule has 0 unspecified atom stereocenters. The smallest absolute Gasteiger partial charge is 0.252 e. The summed E-state index contributed by atoms with van der Waals surface area (Å²) in [4.78, 5) is 12.0. The van der Waals surface area contributed by atoms with Crippen molar-refractivity contribution in [1.29, 1.82) is 0 Å². The lowest BCUT2D eigenvalue weighted by Gasteiger charge is -2.28. The average Bonchev–Trinajstić information content (AvgIpc) is 2.45. The lowest BCUT2D eigenvalue weighted by molar-refractivity contribution is -0.00294. The molecule has 1 aromatic carbocycles. The Balaban J connectivity index is 1.74. The van der Waals surface area contributed by atoms with Crippen molar-refractivity contribution in [3.63, 3.8) is 0 Å². The summed E-state index contributed by atoms with van der Waals surface area (Å²) in [6.07, 6.45) is 5.16. The average molecular weight is 358 g/mol. The van der Waals surface area contributed by atoms with E-state index in [0.717, 1.165) is 6.42 Å². The molecule has 0 saturated heterocycles. The molecule has 5 heteroatoms. The summed E-state index contributed by atoms with van der Waals surface area (Å²) in [5, 5.41) is 2.80. The van der Waals surface area contributed by atoms with Gasteiger partial charge in [0.2, 0.25) is 0 Å². The zero-order valence-corrected chi connectivity index (χ0v) is 13.8. The van der Waals surface area contributed by atoms with Crippen LogP contribution >= 0.6 is 15.9 Å². The van der Waals surface area contributed by atoms with Gasteiger partial charge in [-0.1, -0.05) is 19.8 Å². The Hall–Kier alpha value is -0.940. The van der Waals surface area contributed by atoms with Crippen LogP contribution in [0.5, 0.6) is 0 Å². The van der Waals surface area contributed by atoms with Crippen molar-refractivity contribution in [3.8, 4) is 0 Å². The number of carbonyl (C=O) groups excluding carboxylic acids is 1. The predicted octanol–water partition coefficient (Wildman–Crippen LogP) is 3.91. The number of hydrogen-bond donors (Lipinski definition) is 1. The Labute approximate surface area is 133 Å². The molecular weight excluding hydrogens is 337 g/mol. The second kappa shape index (κ2) is 7.90. The van der Waals surface area contributed by atoms with E-state index in [1.54, 1.807) is 0 Å². The molecule has 2 atom stereocenters. The van der Waals surface area contributed by atoms with E-state index in [1.165, 1.54) is 37.5 Å². The van der Waals surface area contributed by atoms with Gasteiger partial charge < -0.3 is 10.1 Å². The number of hydrogen-bond acceptors (Lipinski definition) is 2. The normalized spacial score (nSPS) is 22.0. The van der Waals surface area contributed by atoms with Gasteiger partial charge in [-0.15, -0.1) is 0 Å². The van der Waals surface area contributed by atoms with Gasteiger partial charge in [0.25, 0.3) is 5.91 Å². The molecule has 1 aliphatic rings. The fourth-order valence-electron chi connectivity index (χ4n) is 2.67. The molecule has 21 heavy (non-hydrogen) atoms. The van der Waals surface area contributed by atoms with Gasteiger partial charge in [-0.05, 0) is 52.9 Å². The van der Waals surface area contributed by atoms with Crippen LogP contribution in [0.2, 0.25) is 0 Å². The quantitative estimate of drug-likeness (QED) is 0.811. The lowest BCUT2D eigenvalue weighted by Crippen LogP contribution is -2.32. The second-order valence-electron chi connectivity index (χ2n) is 5.55. The number of halogens is 2. The molecule has 1 saturated carbocycles. The Morgan fingerprint density at radius 1 is 1.43 bits per heavy atom. The minimum absolute atomic E-state index is 0.220. The van der Waals surface area contributed by atoms with Crippen LogP contribution in [0.15, 0.2) is 22.7 Å². The molecule has 0 radical (unpaired) electrons. The molecule has 1 fully saturated rings. The number of ether oxygens (including phenoxy) is 1. The highest BCUT2D eigenvalue weighted by Crippen LogP contribution is 2.26. The van der Waals surface area contributed by atoms with Crippen LogP contribution < -0.4 is 5.32 Å². The lowest BCUT2D eigenvalue weighted by atomic mass is 9.88. The molecule has 1 amide bonds. The van der Waals surface area contributed by atoms with Gasteiger partial charge in [0.05, 0.1) is 18.3 Å². The third-order valence-electron chi connectivity index (χ3n) is 3.93. The van der Waals surface area contributed by atoms with Gasteiger partial charge >= 0.3 is 0 Å². The van der Waals surface area contributed by atoms with Crippen LogP contribution in [-0.2, 0) is 4.74 Å². The molecule has 0 aromatic heterocycles. The number of benzene rings is 1. The highest BCUT2D eigenvalue weighted by Gasteiger charge is 2.21. The maximum absolute atomic E-state index is 13.0. The van der Waals surface area contributed by atoms with Crippen LogP contribution in [0.3, 0.4) is 0 Å². The van der Waals surface area contributed by atoms with Crippen LogP contribution in [0.25, 0.3) is 0 Å². The van der Waals surface area contributed by atoms with Gasteiger partial charge in [-0.3, -0.25) is 4.79 Å². The van der Waals surface area contributed by atoms with E-state index in [9.17, 15) is 9.18 Å². The maximum Gasteiger partial charge on any atom is 0.252 e. The van der Waals surface area contributed by atoms with Gasteiger partial charge in [0.1, 0.15) is 5.82 Å². The van der Waals surface area contributed by atoms with Crippen LogP contribution in [0.4, 0.5) is 4.39 Å². The van der Waals surface area contributed by atoms with Crippen LogP contribution in [0, 0.1) is 11.7 Å². The first-order chi connectivity index (χ1) is 10.1. The molecule has 0 bridgehead atoms. The van der Waals surface area contributed by atoms with E-state index in [-0.39, 0.29) is 11.7 Å². The maximum atomic E-state index is 13.0. The minimum atomic E-state index is -0.368. The molecule has 1 N–H and O–H groups in total. The highest BCUT2D eigenvalue weighted by molar-refractivity contribution is 9.10. The zero-order valence-electron chi connectivity index (χ0n) is 12.2. The number of nitrogens with one attached hydrogen (secondary N) is 1. The summed E-state index contributed by atoms with van der Waals surface area (Å²) in [6.45, 7) is 3.20. The van der Waals surface area contributed by atoms with E-state index in [1.807, 2.05) is 0 Å². The van der Waals surface area contributed by atoms with Crippen molar-refractivity contribution in [2.45, 2.75) is 38.7 Å². The molecule has 0 aliphatic heterocycles. The predicted molar refractivity (Wildman–Crippen MR) is 83.8 cm³/mol. The highest BCUT2D eigenvalue weighted by atomic mass is 79.9. The summed E-state index contributed by atoms with van der Waals surface area (Å²) < 4.78 is 19.3. The topological polar surface area (TPSA) is 38.3 Å². The third-order valence-corrected chi connectivity index (χ3v) is 4.58. The third kappa shape index (κ3) is 4.78. The monoisotopic (exact) mass is 357 g/mol. The fourth-order valence-corrected chi connectivity index (χ4v) is 3.20. The first-order valence-corrected chi connectivity index (χ1v) is 8.22. The van der Waals surface area contributed by atoms with E-state index in [2.05, 4.69) is 28.2 Å². The number of carbonyl (C=O) groups is 1. The van der Waals surface area contributed by atoms with Gasteiger partial charge in [0, 0.05) is 11.0 Å². The molecule has 0 heterocycles. The zero-order chi connectivity index (χ0) is 15.2. The Morgan fingerprint density at radius 2 is 2.19 bits per heavy atom. The van der Waals surface area contributed by atoms with E-state index in [0.29, 0.717) is 35.2 Å². The van der Waals surface area contributed by atoms with Gasteiger partial charge in [-0.25, -0.2) is 4.39 Å². The number of amides is 1. The van der Waals surface area contributed by atoms with E-state index >= 15 is 0 Å². The molecule has 0 spiro atoms. The van der Waals surface area contributed by atoms with E-state index in [4.69, 9.17) is 4.74 Å². The molecule has 116 valence electrons. The SMILES string of the molecule is C[C@H]1CCCC[C@@H]1OCCNC(=O)c1ccc(F)cc1Br. The Bertz CT molecular complexity index is 495. The molecule has 1 aromatic rings. The van der Waals surface area contributed by atoms with Crippen molar-refractivity contribution in [2.24, 2.45) is 5.92 Å². The van der Waals surface area contributed by atoms with Gasteiger partial charge in [0.15, 0.2) is 0 Å². The van der Waals surface area contributed by atoms with Crippen molar-refractivity contribution < 1.29 is 13.9 Å². The molecule has 3 nitrogen and oxygen atoms in total. The van der Waals surface area contributed by atoms with Gasteiger partial charge in [-0.2, -0.15) is 0 Å². The number of rotatable bonds is 5. The van der Waals surface area contributed by atoms with Crippen molar-refractivity contribution in [1.82, 2.24) is 5.32 Å². The molecule has 1 aliphatic carbocycles. The summed E-state index contributed by atoms with van der Waals surface area (Å²) in [7, 11) is 0. The van der Waals surface area contributed by atoms with Crippen molar-refractivity contribution >= 4 is 21.8 Å². The Kier molecular flexibility index (Phi) is 6.18. The van der Waals surface area contributed by atoms with Crippen molar-refractivity contribution in [2.75, 3.05) is 13.2 Å². The van der Waals surface area contributed by atoms with Crippen LogP contribution in [0.1, 0.15) is 43.0 Å². The molecular formula is C16H21BrFNO2. The van der Waals surface area contributed by atoms with E-state index < -0.39 is 0 Å². The summed E-state index contributed by atoms with van der Waals surface area (Å²) in [6, 6.07) is 4.04. The van der Waals surface area contributed by atoms with Crippen LogP contribution in [-0.4, -0.2) is 25.2 Å². The second-order valence-corrected chi connectivity index (χ2v) is 6.41. The summed E-state index contributed by atoms with van der Waals surface area (Å²) in [5.41, 5.74) is 0.433. The standard InChI is InChI=1S/C16H21BrFNO2/c1-11-4-2-3-5-15(11)21-9-8-19-16(20)13-7-6-12(18)10-14(13)17/h6-7,10-11,15H,2-5,8-9H2,1H3,(H,19,20)/t11-,15-/m0/s1. The van der Waals surface area contributed by atoms with Crippen molar-refractivity contribution in [3.05, 3.63) is 34.1 Å². The first kappa shape index (κ1) is 16.4. The Morgan fingerprint density at radius 3 is 2.90 bits per heavy atom. The molecule has 2 rings (SSSR count). The fraction of sp³-hybridized carbons (Fsp3) is 0.562. The first-order valence-electron chi connectivity index (χ1n) is 7.43. The minimum Gasteiger partial charge on any atom is -0.376 e.